The molecule has 4 unspecified atom stereocenters. The van der Waals surface area contributed by atoms with Crippen LogP contribution in [0.4, 0.5) is 4.79 Å². The molecule has 0 bridgehead atoms. The largest absolute Gasteiger partial charge is 0.481 e. The second-order valence-electron chi connectivity index (χ2n) is 9.95. The lowest BCUT2D eigenvalue weighted by Gasteiger charge is -2.19. The highest BCUT2D eigenvalue weighted by atomic mass is 16.5. The van der Waals surface area contributed by atoms with Gasteiger partial charge in [0.25, 0.3) is 0 Å². The molecular weight excluding hydrogens is 432 g/mol. The molecule has 2 aromatic rings. The van der Waals surface area contributed by atoms with Gasteiger partial charge in [0.1, 0.15) is 6.61 Å². The van der Waals surface area contributed by atoms with Gasteiger partial charge in [0.05, 0.1) is 5.41 Å². The summed E-state index contributed by atoms with van der Waals surface area (Å²) in [5, 5.41) is 15.1. The van der Waals surface area contributed by atoms with Crippen LogP contribution in [0.1, 0.15) is 49.7 Å². The highest BCUT2D eigenvalue weighted by Gasteiger charge is 2.65. The van der Waals surface area contributed by atoms with Gasteiger partial charge in [-0.05, 0) is 53.9 Å². The van der Waals surface area contributed by atoms with Crippen molar-refractivity contribution < 1.29 is 24.2 Å². The van der Waals surface area contributed by atoms with Gasteiger partial charge in [-0.2, -0.15) is 0 Å². The van der Waals surface area contributed by atoms with Crippen LogP contribution < -0.4 is 10.6 Å². The van der Waals surface area contributed by atoms with E-state index >= 15 is 0 Å². The molecule has 2 aromatic carbocycles. The topological polar surface area (TPSA) is 105 Å². The zero-order chi connectivity index (χ0) is 23.9. The van der Waals surface area contributed by atoms with Gasteiger partial charge in [-0.1, -0.05) is 55.5 Å². The van der Waals surface area contributed by atoms with Crippen LogP contribution in [0.15, 0.2) is 48.5 Å². The number of aliphatic carboxylic acids is 1. The van der Waals surface area contributed by atoms with Gasteiger partial charge in [-0.15, -0.1) is 0 Å². The van der Waals surface area contributed by atoms with E-state index in [1.165, 1.54) is 11.1 Å². The van der Waals surface area contributed by atoms with Crippen molar-refractivity contribution in [1.29, 1.82) is 0 Å². The minimum Gasteiger partial charge on any atom is -0.481 e. The van der Waals surface area contributed by atoms with Crippen LogP contribution in [-0.4, -0.2) is 42.3 Å². The van der Waals surface area contributed by atoms with Crippen LogP contribution in [0.25, 0.3) is 11.1 Å². The minimum atomic E-state index is -0.741. The van der Waals surface area contributed by atoms with E-state index in [0.29, 0.717) is 19.4 Å². The number of fused-ring (bicyclic) bond motifs is 4. The van der Waals surface area contributed by atoms with Gasteiger partial charge in [-0.3, -0.25) is 9.59 Å². The number of hydrogen-bond acceptors (Lipinski definition) is 4. The fourth-order valence-electron chi connectivity index (χ4n) is 5.78. The first kappa shape index (κ1) is 22.4. The van der Waals surface area contributed by atoms with Gasteiger partial charge in [0, 0.05) is 24.4 Å². The summed E-state index contributed by atoms with van der Waals surface area (Å²) in [5.41, 5.74) is 4.08. The number of rotatable bonds is 8. The van der Waals surface area contributed by atoms with Gasteiger partial charge >= 0.3 is 12.1 Å². The first-order chi connectivity index (χ1) is 16.4. The molecule has 0 aliphatic heterocycles. The third-order valence-corrected chi connectivity index (χ3v) is 7.82. The first-order valence-electron chi connectivity index (χ1n) is 12.0. The van der Waals surface area contributed by atoms with Crippen molar-refractivity contribution in [1.82, 2.24) is 10.6 Å². The van der Waals surface area contributed by atoms with E-state index in [1.807, 2.05) is 31.2 Å². The summed E-state index contributed by atoms with van der Waals surface area (Å²) in [6.45, 7) is 2.40. The Bertz CT molecular complexity index is 1090. The Kier molecular flexibility index (Phi) is 5.80. The molecule has 0 aromatic heterocycles. The van der Waals surface area contributed by atoms with E-state index in [-0.39, 0.29) is 36.3 Å². The Morgan fingerprint density at radius 1 is 1.06 bits per heavy atom. The van der Waals surface area contributed by atoms with Crippen molar-refractivity contribution in [3.63, 3.8) is 0 Å². The number of ether oxygens (including phenoxy) is 1. The highest BCUT2D eigenvalue weighted by molar-refractivity contribution is 5.82. The average Bonchev–Trinajstić information content (AvgIpc) is 3.26. The summed E-state index contributed by atoms with van der Waals surface area (Å²) in [4.78, 5) is 36.2. The van der Waals surface area contributed by atoms with E-state index in [4.69, 9.17) is 4.74 Å². The SMILES string of the molecule is CC(CCNC(=O)OCC1c2ccccc2-c2ccccc21)C(=O)NC1CC2CC2(C(=O)O)C1. The molecular formula is C27H30N2O5. The number of benzene rings is 2. The molecule has 4 atom stereocenters. The summed E-state index contributed by atoms with van der Waals surface area (Å²) in [7, 11) is 0. The number of carbonyl (C=O) groups excluding carboxylic acids is 2. The van der Waals surface area contributed by atoms with Crippen molar-refractivity contribution in [2.24, 2.45) is 17.3 Å². The van der Waals surface area contributed by atoms with E-state index in [2.05, 4.69) is 34.9 Å². The van der Waals surface area contributed by atoms with Gasteiger partial charge in [-0.25, -0.2) is 4.79 Å². The zero-order valence-electron chi connectivity index (χ0n) is 19.3. The predicted octanol–water partition coefficient (Wildman–Crippen LogP) is 3.92. The molecule has 0 saturated heterocycles. The monoisotopic (exact) mass is 462 g/mol. The Morgan fingerprint density at radius 2 is 1.71 bits per heavy atom. The molecule has 7 heteroatoms. The van der Waals surface area contributed by atoms with Crippen LogP contribution in [-0.2, 0) is 14.3 Å². The molecule has 2 fully saturated rings. The fraction of sp³-hybridized carbons (Fsp3) is 0.444. The van der Waals surface area contributed by atoms with E-state index < -0.39 is 17.5 Å². The second kappa shape index (κ2) is 8.78. The van der Waals surface area contributed by atoms with Crippen molar-refractivity contribution in [3.05, 3.63) is 59.7 Å². The number of carbonyl (C=O) groups is 3. The van der Waals surface area contributed by atoms with E-state index in [1.54, 1.807) is 0 Å². The number of hydrogen-bond donors (Lipinski definition) is 3. The Balaban J connectivity index is 1.06. The summed E-state index contributed by atoms with van der Waals surface area (Å²) in [6, 6.07) is 16.3. The maximum absolute atomic E-state index is 12.5. The predicted molar refractivity (Wildman–Crippen MR) is 126 cm³/mol. The van der Waals surface area contributed by atoms with E-state index in [0.717, 1.165) is 24.0 Å². The maximum atomic E-state index is 12.5. The molecule has 178 valence electrons. The lowest BCUT2D eigenvalue weighted by molar-refractivity contribution is -0.144. The lowest BCUT2D eigenvalue weighted by atomic mass is 9.98. The fourth-order valence-corrected chi connectivity index (χ4v) is 5.78. The number of nitrogens with one attached hydrogen (secondary N) is 2. The van der Waals surface area contributed by atoms with Gasteiger partial charge < -0.3 is 20.5 Å². The molecule has 0 heterocycles. The second-order valence-corrected chi connectivity index (χ2v) is 9.95. The highest BCUT2D eigenvalue weighted by Crippen LogP contribution is 2.63. The third kappa shape index (κ3) is 4.04. The van der Waals surface area contributed by atoms with Gasteiger partial charge in [0.15, 0.2) is 0 Å². The van der Waals surface area contributed by atoms with Crippen molar-refractivity contribution in [3.8, 4) is 11.1 Å². The Morgan fingerprint density at radius 3 is 2.32 bits per heavy atom. The molecule has 5 rings (SSSR count). The number of carboxylic acid groups (broad SMARTS) is 1. The number of carboxylic acids is 1. The quantitative estimate of drug-likeness (QED) is 0.552. The van der Waals surface area contributed by atoms with Gasteiger partial charge in [0.2, 0.25) is 5.91 Å². The smallest absolute Gasteiger partial charge is 0.407 e. The summed E-state index contributed by atoms with van der Waals surface area (Å²) < 4.78 is 5.53. The lowest BCUT2D eigenvalue weighted by Crippen LogP contribution is -2.39. The van der Waals surface area contributed by atoms with Crippen molar-refractivity contribution >= 4 is 18.0 Å². The molecule has 0 radical (unpaired) electrons. The number of alkyl carbamates (subject to hydrolysis) is 1. The molecule has 2 amide bonds. The average molecular weight is 463 g/mol. The molecule has 3 aliphatic carbocycles. The Labute approximate surface area is 198 Å². The van der Waals surface area contributed by atoms with Crippen LogP contribution in [0.2, 0.25) is 0 Å². The van der Waals surface area contributed by atoms with Crippen LogP contribution in [0, 0.1) is 17.3 Å². The molecule has 34 heavy (non-hydrogen) atoms. The summed E-state index contributed by atoms with van der Waals surface area (Å²) in [6.07, 6.45) is 1.98. The molecule has 2 saturated carbocycles. The van der Waals surface area contributed by atoms with Crippen LogP contribution in [0.5, 0.6) is 0 Å². The standard InChI is InChI=1S/C27H30N2O5/c1-16(24(30)29-18-12-17-13-27(17,14-18)25(31)32)10-11-28-26(33)34-15-23-21-8-4-2-6-19(21)20-7-3-5-9-22(20)23/h2-9,16-18,23H,10-15H2,1H3,(H,28,33)(H,29,30)(H,31,32). The normalized spacial score (nSPS) is 25.0. The maximum Gasteiger partial charge on any atom is 0.407 e. The van der Waals surface area contributed by atoms with Crippen LogP contribution in [0.3, 0.4) is 0 Å². The molecule has 3 aliphatic rings. The third-order valence-electron chi connectivity index (χ3n) is 7.82. The minimum absolute atomic E-state index is 0.00886. The van der Waals surface area contributed by atoms with E-state index in [9.17, 15) is 19.5 Å². The molecule has 7 nitrogen and oxygen atoms in total. The van der Waals surface area contributed by atoms with Crippen molar-refractivity contribution in [2.75, 3.05) is 13.2 Å². The van der Waals surface area contributed by atoms with Crippen LogP contribution >= 0.6 is 0 Å². The zero-order valence-corrected chi connectivity index (χ0v) is 19.3. The molecule has 0 spiro atoms. The summed E-state index contributed by atoms with van der Waals surface area (Å²) >= 11 is 0. The number of amides is 2. The molecule has 3 N–H and O–H groups in total. The van der Waals surface area contributed by atoms with Crippen molar-refractivity contribution in [2.45, 2.75) is 44.6 Å². The summed E-state index contributed by atoms with van der Waals surface area (Å²) in [5.74, 6) is -0.919. The first-order valence-corrected chi connectivity index (χ1v) is 12.0. The Hall–Kier alpha value is -3.35.